The topological polar surface area (TPSA) is 74.8 Å². The number of rotatable bonds is 5. The summed E-state index contributed by atoms with van der Waals surface area (Å²) in [5, 5.41) is 6.79. The maximum absolute atomic E-state index is 13.8. The van der Waals surface area contributed by atoms with E-state index < -0.39 is 29.6 Å². The van der Waals surface area contributed by atoms with Gasteiger partial charge in [0.15, 0.2) is 6.04 Å². The lowest BCUT2D eigenvalue weighted by Gasteiger charge is -2.23. The summed E-state index contributed by atoms with van der Waals surface area (Å²) in [4.78, 5) is 24.1. The molecule has 4 N–H and O–H groups in total. The zero-order chi connectivity index (χ0) is 18.4. The largest absolute Gasteiger partial charge is 0.335 e. The average molecular weight is 354 g/mol. The standard InChI is InChI=1S/C18H25F2N3O2/c1-11(15-9-8-13(19)10-16(15)20)21-12(2)17(24)23-18(25)22-14-6-4-3-5-7-14/h8-12,14,21H,3-7H2,1-2H3,(H2,22,23,24,25)/p+1/t11-,12+/m0/s1. The Morgan fingerprint density at radius 2 is 1.84 bits per heavy atom. The van der Waals surface area contributed by atoms with Crippen LogP contribution in [0.3, 0.4) is 0 Å². The Balaban J connectivity index is 1.83. The van der Waals surface area contributed by atoms with E-state index in [9.17, 15) is 18.4 Å². The van der Waals surface area contributed by atoms with Crippen molar-refractivity contribution in [1.29, 1.82) is 0 Å². The van der Waals surface area contributed by atoms with Crippen LogP contribution in [0.1, 0.15) is 57.6 Å². The minimum Gasteiger partial charge on any atom is -0.335 e. The number of halogens is 2. The molecular weight excluding hydrogens is 328 g/mol. The highest BCUT2D eigenvalue weighted by molar-refractivity contribution is 5.96. The monoisotopic (exact) mass is 354 g/mol. The summed E-state index contributed by atoms with van der Waals surface area (Å²) in [5.74, 6) is -1.73. The molecule has 0 aliphatic heterocycles. The molecule has 5 nitrogen and oxygen atoms in total. The normalized spacial score (nSPS) is 17.6. The molecule has 0 radical (unpaired) electrons. The van der Waals surface area contributed by atoms with Gasteiger partial charge in [-0.3, -0.25) is 10.1 Å². The van der Waals surface area contributed by atoms with E-state index in [0.717, 1.165) is 31.7 Å². The summed E-state index contributed by atoms with van der Waals surface area (Å²) in [7, 11) is 0. The lowest BCUT2D eigenvalue weighted by molar-refractivity contribution is -0.710. The molecule has 1 aliphatic rings. The Labute approximate surface area is 146 Å². The molecule has 0 aromatic heterocycles. The molecule has 1 aliphatic carbocycles. The van der Waals surface area contributed by atoms with Gasteiger partial charge in [-0.05, 0) is 38.8 Å². The predicted molar refractivity (Wildman–Crippen MR) is 89.7 cm³/mol. The summed E-state index contributed by atoms with van der Waals surface area (Å²) >= 11 is 0. The molecule has 1 fully saturated rings. The van der Waals surface area contributed by atoms with Gasteiger partial charge in [-0.15, -0.1) is 0 Å². The Morgan fingerprint density at radius 1 is 1.16 bits per heavy atom. The lowest BCUT2D eigenvalue weighted by Crippen LogP contribution is -2.92. The van der Waals surface area contributed by atoms with Gasteiger partial charge in [0.1, 0.15) is 17.7 Å². The molecule has 0 bridgehead atoms. The summed E-state index contributed by atoms with van der Waals surface area (Å²) in [6, 6.07) is 2.03. The number of imide groups is 1. The summed E-state index contributed by atoms with van der Waals surface area (Å²) in [5.41, 5.74) is 0.313. The van der Waals surface area contributed by atoms with Crippen LogP contribution in [-0.4, -0.2) is 24.0 Å². The van der Waals surface area contributed by atoms with Gasteiger partial charge in [-0.1, -0.05) is 19.3 Å². The number of hydrogen-bond donors (Lipinski definition) is 3. The van der Waals surface area contributed by atoms with Crippen molar-refractivity contribution in [3.63, 3.8) is 0 Å². The number of carbonyl (C=O) groups excluding carboxylic acids is 2. The number of quaternary nitrogens is 1. The van der Waals surface area contributed by atoms with Gasteiger partial charge >= 0.3 is 6.03 Å². The van der Waals surface area contributed by atoms with Crippen molar-refractivity contribution in [2.45, 2.75) is 64.1 Å². The minimum atomic E-state index is -0.647. The molecule has 0 heterocycles. The van der Waals surface area contributed by atoms with Crippen LogP contribution in [0.15, 0.2) is 18.2 Å². The van der Waals surface area contributed by atoms with E-state index in [1.165, 1.54) is 18.6 Å². The van der Waals surface area contributed by atoms with Gasteiger partial charge in [-0.2, -0.15) is 0 Å². The molecular formula is C18H26F2N3O2+. The smallest absolute Gasteiger partial charge is 0.321 e. The second-order valence-corrected chi connectivity index (χ2v) is 6.73. The molecule has 3 amide bonds. The van der Waals surface area contributed by atoms with Crippen LogP contribution in [0.2, 0.25) is 0 Å². The van der Waals surface area contributed by atoms with Crippen molar-refractivity contribution < 1.29 is 23.7 Å². The first-order chi connectivity index (χ1) is 11.9. The van der Waals surface area contributed by atoms with Crippen molar-refractivity contribution in [1.82, 2.24) is 10.6 Å². The van der Waals surface area contributed by atoms with Crippen molar-refractivity contribution >= 4 is 11.9 Å². The molecule has 2 atom stereocenters. The number of carbonyl (C=O) groups is 2. The van der Waals surface area contributed by atoms with Crippen LogP contribution in [0.5, 0.6) is 0 Å². The van der Waals surface area contributed by atoms with Crippen molar-refractivity contribution in [3.8, 4) is 0 Å². The highest BCUT2D eigenvalue weighted by Gasteiger charge is 2.24. The highest BCUT2D eigenvalue weighted by atomic mass is 19.1. The fraction of sp³-hybridized carbons (Fsp3) is 0.556. The van der Waals surface area contributed by atoms with Crippen LogP contribution in [0.25, 0.3) is 0 Å². The van der Waals surface area contributed by atoms with E-state index in [2.05, 4.69) is 10.6 Å². The quantitative estimate of drug-likeness (QED) is 0.758. The minimum absolute atomic E-state index is 0.119. The van der Waals surface area contributed by atoms with E-state index in [-0.39, 0.29) is 12.1 Å². The summed E-state index contributed by atoms with van der Waals surface area (Å²) in [6.07, 6.45) is 5.23. The molecule has 1 aromatic carbocycles. The SMILES string of the molecule is C[C@H]([NH2+][C@H](C)C(=O)NC(=O)NC1CCCCC1)c1ccc(F)cc1F. The van der Waals surface area contributed by atoms with Gasteiger partial charge in [-0.25, -0.2) is 13.6 Å². The van der Waals surface area contributed by atoms with E-state index >= 15 is 0 Å². The number of urea groups is 1. The average Bonchev–Trinajstić information content (AvgIpc) is 2.55. The molecule has 1 saturated carbocycles. The third kappa shape index (κ3) is 5.77. The summed E-state index contributed by atoms with van der Waals surface area (Å²) in [6.45, 7) is 3.36. The van der Waals surface area contributed by atoms with E-state index in [1.807, 2.05) is 0 Å². The second kappa shape index (κ2) is 8.89. The first kappa shape index (κ1) is 19.3. The number of benzene rings is 1. The molecule has 0 spiro atoms. The molecule has 2 rings (SSSR count). The van der Waals surface area contributed by atoms with Gasteiger partial charge in [0.25, 0.3) is 5.91 Å². The highest BCUT2D eigenvalue weighted by Crippen LogP contribution is 2.17. The van der Waals surface area contributed by atoms with Crippen LogP contribution in [0.4, 0.5) is 13.6 Å². The lowest BCUT2D eigenvalue weighted by atomic mass is 9.96. The van der Waals surface area contributed by atoms with Gasteiger partial charge < -0.3 is 10.6 Å². The molecule has 7 heteroatoms. The van der Waals surface area contributed by atoms with Gasteiger partial charge in [0, 0.05) is 17.7 Å². The third-order valence-electron chi connectivity index (χ3n) is 4.62. The molecule has 25 heavy (non-hydrogen) atoms. The van der Waals surface area contributed by atoms with Crippen LogP contribution in [-0.2, 0) is 4.79 Å². The van der Waals surface area contributed by atoms with Crippen molar-refractivity contribution in [2.24, 2.45) is 0 Å². The van der Waals surface area contributed by atoms with Gasteiger partial charge in [0.2, 0.25) is 0 Å². The number of nitrogens with two attached hydrogens (primary N) is 1. The maximum atomic E-state index is 13.8. The zero-order valence-corrected chi connectivity index (χ0v) is 14.6. The Kier molecular flexibility index (Phi) is 6.87. The van der Waals surface area contributed by atoms with E-state index in [1.54, 1.807) is 19.2 Å². The number of nitrogens with one attached hydrogen (secondary N) is 2. The third-order valence-corrected chi connectivity index (χ3v) is 4.62. The second-order valence-electron chi connectivity index (χ2n) is 6.73. The molecule has 0 saturated heterocycles. The fourth-order valence-electron chi connectivity index (χ4n) is 3.19. The van der Waals surface area contributed by atoms with Crippen LogP contribution in [0, 0.1) is 11.6 Å². The zero-order valence-electron chi connectivity index (χ0n) is 14.6. The number of hydrogen-bond acceptors (Lipinski definition) is 2. The predicted octanol–water partition coefficient (Wildman–Crippen LogP) is 2.14. The van der Waals surface area contributed by atoms with Gasteiger partial charge in [0.05, 0.1) is 0 Å². The Hall–Kier alpha value is -2.02. The first-order valence-corrected chi connectivity index (χ1v) is 8.78. The first-order valence-electron chi connectivity index (χ1n) is 8.78. The number of amides is 3. The van der Waals surface area contributed by atoms with E-state index in [0.29, 0.717) is 5.56 Å². The maximum Gasteiger partial charge on any atom is 0.321 e. The Morgan fingerprint density at radius 3 is 2.48 bits per heavy atom. The fourth-order valence-corrected chi connectivity index (χ4v) is 3.19. The van der Waals surface area contributed by atoms with Crippen LogP contribution < -0.4 is 16.0 Å². The van der Waals surface area contributed by atoms with Crippen molar-refractivity contribution in [3.05, 3.63) is 35.4 Å². The summed E-state index contributed by atoms with van der Waals surface area (Å²) < 4.78 is 26.8. The van der Waals surface area contributed by atoms with E-state index in [4.69, 9.17) is 0 Å². The molecule has 138 valence electrons. The molecule has 0 unspecified atom stereocenters. The van der Waals surface area contributed by atoms with Crippen molar-refractivity contribution in [2.75, 3.05) is 0 Å². The Bertz CT molecular complexity index is 618. The molecule has 1 aromatic rings. The van der Waals surface area contributed by atoms with Crippen LogP contribution >= 0.6 is 0 Å².